The molecule has 0 radical (unpaired) electrons. The maximum atomic E-state index is 12.5. The Kier molecular flexibility index (Phi) is 5.46. The van der Waals surface area contributed by atoms with Gasteiger partial charge in [-0.25, -0.2) is 0 Å². The number of hydrogen-bond donors (Lipinski definition) is 2. The van der Waals surface area contributed by atoms with E-state index >= 15 is 0 Å². The van der Waals surface area contributed by atoms with Crippen LogP contribution in [0, 0.1) is 6.92 Å². The molecule has 3 heteroatoms. The highest BCUT2D eigenvalue weighted by Crippen LogP contribution is 2.36. The van der Waals surface area contributed by atoms with Gasteiger partial charge in [0.15, 0.2) is 0 Å². The number of hydrogen-bond acceptors (Lipinski definition) is 2. The summed E-state index contributed by atoms with van der Waals surface area (Å²) in [5, 5.41) is 14.7. The molecule has 30 heavy (non-hydrogen) atoms. The minimum absolute atomic E-state index is 0.163. The number of rotatable bonds is 5. The molecule has 0 saturated heterocycles. The molecule has 0 aliphatic carbocycles. The van der Waals surface area contributed by atoms with Gasteiger partial charge >= 0.3 is 0 Å². The molecule has 4 aromatic carbocycles. The lowest BCUT2D eigenvalue weighted by molar-refractivity contribution is 0.102. The van der Waals surface area contributed by atoms with E-state index < -0.39 is 5.60 Å². The maximum Gasteiger partial charge on any atom is 0.255 e. The molecular weight excluding hydrogens is 370 g/mol. The molecule has 3 nitrogen and oxygen atoms in total. The summed E-state index contributed by atoms with van der Waals surface area (Å²) in [5.41, 5.74) is 3.40. The van der Waals surface area contributed by atoms with Crippen molar-refractivity contribution in [3.05, 3.63) is 137 Å². The first kappa shape index (κ1) is 19.6. The highest BCUT2D eigenvalue weighted by molar-refractivity contribution is 6.04. The van der Waals surface area contributed by atoms with Gasteiger partial charge in [0.05, 0.1) is 0 Å². The van der Waals surface area contributed by atoms with Gasteiger partial charge in [-0.15, -0.1) is 0 Å². The number of anilines is 1. The van der Waals surface area contributed by atoms with Gasteiger partial charge in [-0.1, -0.05) is 90.5 Å². The van der Waals surface area contributed by atoms with Crippen LogP contribution in [0.3, 0.4) is 0 Å². The van der Waals surface area contributed by atoms with E-state index in [4.69, 9.17) is 0 Å². The van der Waals surface area contributed by atoms with Crippen LogP contribution in [0.25, 0.3) is 0 Å². The second-order valence-corrected chi connectivity index (χ2v) is 7.34. The topological polar surface area (TPSA) is 49.3 Å². The summed E-state index contributed by atoms with van der Waals surface area (Å²) < 4.78 is 0. The molecule has 0 spiro atoms. The van der Waals surface area contributed by atoms with Crippen molar-refractivity contribution in [3.63, 3.8) is 0 Å². The van der Waals surface area contributed by atoms with Crippen molar-refractivity contribution < 1.29 is 9.90 Å². The molecule has 4 aromatic rings. The molecule has 1 amide bonds. The highest BCUT2D eigenvalue weighted by atomic mass is 16.3. The third kappa shape index (κ3) is 3.88. The van der Waals surface area contributed by atoms with E-state index in [0.717, 1.165) is 22.3 Å². The van der Waals surface area contributed by atoms with Crippen LogP contribution in [-0.4, -0.2) is 11.0 Å². The van der Waals surface area contributed by atoms with E-state index in [1.165, 1.54) is 0 Å². The third-order valence-corrected chi connectivity index (χ3v) is 5.26. The summed E-state index contributed by atoms with van der Waals surface area (Å²) in [6.45, 7) is 1.99. The Labute approximate surface area is 176 Å². The average molecular weight is 393 g/mol. The van der Waals surface area contributed by atoms with Crippen LogP contribution in [0.1, 0.15) is 32.6 Å². The number of carbonyl (C=O) groups excluding carboxylic acids is 1. The Hall–Kier alpha value is -3.69. The van der Waals surface area contributed by atoms with Gasteiger partial charge in [-0.2, -0.15) is 0 Å². The zero-order chi connectivity index (χ0) is 21.0. The second kappa shape index (κ2) is 8.36. The van der Waals surface area contributed by atoms with Gasteiger partial charge in [0.2, 0.25) is 0 Å². The summed E-state index contributed by atoms with van der Waals surface area (Å²) in [4.78, 5) is 12.5. The van der Waals surface area contributed by atoms with E-state index in [9.17, 15) is 9.90 Å². The molecule has 4 rings (SSSR count). The van der Waals surface area contributed by atoms with Gasteiger partial charge < -0.3 is 10.4 Å². The van der Waals surface area contributed by atoms with E-state index in [0.29, 0.717) is 11.3 Å². The quantitative estimate of drug-likeness (QED) is 0.438. The van der Waals surface area contributed by atoms with Crippen molar-refractivity contribution >= 4 is 11.6 Å². The van der Waals surface area contributed by atoms with E-state index in [-0.39, 0.29) is 5.91 Å². The predicted molar refractivity (Wildman–Crippen MR) is 121 cm³/mol. The molecule has 0 fully saturated rings. The van der Waals surface area contributed by atoms with Crippen LogP contribution >= 0.6 is 0 Å². The largest absolute Gasteiger partial charge is 0.376 e. The highest BCUT2D eigenvalue weighted by Gasteiger charge is 2.33. The van der Waals surface area contributed by atoms with E-state index in [1.807, 2.05) is 116 Å². The Morgan fingerprint density at radius 1 is 0.667 bits per heavy atom. The van der Waals surface area contributed by atoms with Crippen LogP contribution in [0.2, 0.25) is 0 Å². The number of benzene rings is 4. The maximum absolute atomic E-state index is 12.5. The summed E-state index contributed by atoms with van der Waals surface area (Å²) >= 11 is 0. The average Bonchev–Trinajstić information content (AvgIpc) is 2.80. The fourth-order valence-corrected chi connectivity index (χ4v) is 3.56. The SMILES string of the molecule is Cc1ccc(C(=O)Nc2ccc(C(O)(c3ccccc3)c3ccccc3)cc2)cc1. The van der Waals surface area contributed by atoms with Crippen molar-refractivity contribution in [2.24, 2.45) is 0 Å². The normalized spacial score (nSPS) is 11.1. The van der Waals surface area contributed by atoms with Gasteiger partial charge in [0.25, 0.3) is 5.91 Å². The fourth-order valence-electron chi connectivity index (χ4n) is 3.56. The minimum atomic E-state index is -1.29. The lowest BCUT2D eigenvalue weighted by atomic mass is 9.80. The third-order valence-electron chi connectivity index (χ3n) is 5.26. The lowest BCUT2D eigenvalue weighted by Gasteiger charge is -2.30. The number of aliphatic hydroxyl groups is 1. The van der Waals surface area contributed by atoms with Crippen molar-refractivity contribution in [1.82, 2.24) is 0 Å². The monoisotopic (exact) mass is 393 g/mol. The van der Waals surface area contributed by atoms with Crippen LogP contribution in [0.5, 0.6) is 0 Å². The molecule has 0 aromatic heterocycles. The van der Waals surface area contributed by atoms with Crippen LogP contribution in [0.4, 0.5) is 5.69 Å². The molecule has 0 aliphatic heterocycles. The summed E-state index contributed by atoms with van der Waals surface area (Å²) in [6, 6.07) is 34.0. The summed E-state index contributed by atoms with van der Waals surface area (Å²) in [7, 11) is 0. The van der Waals surface area contributed by atoms with Gasteiger partial charge in [0, 0.05) is 11.3 Å². The van der Waals surface area contributed by atoms with E-state index in [2.05, 4.69) is 5.32 Å². The minimum Gasteiger partial charge on any atom is -0.376 e. The lowest BCUT2D eigenvalue weighted by Crippen LogP contribution is -2.28. The molecule has 0 saturated carbocycles. The first-order valence-electron chi connectivity index (χ1n) is 9.89. The molecule has 0 bridgehead atoms. The molecule has 0 unspecified atom stereocenters. The zero-order valence-electron chi connectivity index (χ0n) is 16.7. The Balaban J connectivity index is 1.65. The van der Waals surface area contributed by atoms with Gasteiger partial charge in [0.1, 0.15) is 5.60 Å². The van der Waals surface area contributed by atoms with Crippen molar-refractivity contribution in [1.29, 1.82) is 0 Å². The number of nitrogens with one attached hydrogen (secondary N) is 1. The summed E-state index contributed by atoms with van der Waals surface area (Å²) in [6.07, 6.45) is 0. The number of aryl methyl sites for hydroxylation is 1. The first-order chi connectivity index (χ1) is 14.6. The molecular formula is C27H23NO2. The van der Waals surface area contributed by atoms with Crippen molar-refractivity contribution in [3.8, 4) is 0 Å². The Bertz CT molecular complexity index is 1080. The summed E-state index contributed by atoms with van der Waals surface area (Å²) in [5.74, 6) is -0.163. The van der Waals surface area contributed by atoms with Crippen LogP contribution in [-0.2, 0) is 5.60 Å². The molecule has 0 atom stereocenters. The number of amides is 1. The van der Waals surface area contributed by atoms with Crippen molar-refractivity contribution in [2.45, 2.75) is 12.5 Å². The molecule has 2 N–H and O–H groups in total. The fraction of sp³-hybridized carbons (Fsp3) is 0.0741. The van der Waals surface area contributed by atoms with Crippen LogP contribution < -0.4 is 5.32 Å². The number of carbonyl (C=O) groups is 1. The Morgan fingerprint density at radius 2 is 1.13 bits per heavy atom. The van der Waals surface area contributed by atoms with Gasteiger partial charge in [-0.05, 0) is 47.9 Å². The molecule has 0 aliphatic rings. The van der Waals surface area contributed by atoms with Gasteiger partial charge in [-0.3, -0.25) is 4.79 Å². The first-order valence-corrected chi connectivity index (χ1v) is 9.89. The standard InChI is InChI=1S/C27H23NO2/c1-20-12-14-21(15-13-20)26(29)28-25-18-16-24(17-19-25)27(30,22-8-4-2-5-9-22)23-10-6-3-7-11-23/h2-19,30H,1H3,(H,28,29). The zero-order valence-corrected chi connectivity index (χ0v) is 16.7. The van der Waals surface area contributed by atoms with Crippen molar-refractivity contribution in [2.75, 3.05) is 5.32 Å². The van der Waals surface area contributed by atoms with Crippen LogP contribution in [0.15, 0.2) is 109 Å². The van der Waals surface area contributed by atoms with E-state index in [1.54, 1.807) is 0 Å². The second-order valence-electron chi connectivity index (χ2n) is 7.34. The Morgan fingerprint density at radius 3 is 1.63 bits per heavy atom. The molecule has 0 heterocycles. The smallest absolute Gasteiger partial charge is 0.255 e. The predicted octanol–water partition coefficient (Wildman–Crippen LogP) is 5.53. The molecule has 148 valence electrons.